The van der Waals surface area contributed by atoms with Crippen LogP contribution in [0.4, 0.5) is 0 Å². The Labute approximate surface area is 130 Å². The van der Waals surface area contributed by atoms with Gasteiger partial charge in [0, 0.05) is 25.3 Å². The maximum atomic E-state index is 11.7. The van der Waals surface area contributed by atoms with Crippen molar-refractivity contribution in [3.8, 4) is 0 Å². The molecule has 5 heteroatoms. The van der Waals surface area contributed by atoms with Crippen molar-refractivity contribution in [2.45, 2.75) is 51.9 Å². The predicted molar refractivity (Wildman–Crippen MR) is 80.8 cm³/mol. The van der Waals surface area contributed by atoms with Gasteiger partial charge in [0.1, 0.15) is 12.2 Å². The van der Waals surface area contributed by atoms with Gasteiger partial charge in [-0.1, -0.05) is 24.3 Å². The lowest BCUT2D eigenvalue weighted by atomic mass is 9.85. The third-order valence-corrected chi connectivity index (χ3v) is 4.14. The maximum absolute atomic E-state index is 11.7. The first-order chi connectivity index (χ1) is 10.3. The molecule has 1 N–H and O–H groups in total. The topological polar surface area (TPSA) is 72.8 Å². The van der Waals surface area contributed by atoms with Crippen LogP contribution in [0.5, 0.6) is 0 Å². The molecule has 0 aromatic heterocycles. The molecule has 1 saturated heterocycles. The number of aliphatic hydroxyl groups excluding tert-OH is 1. The highest BCUT2D eigenvalue weighted by molar-refractivity contribution is 5.91. The summed E-state index contributed by atoms with van der Waals surface area (Å²) in [4.78, 5) is 23.0. The van der Waals surface area contributed by atoms with E-state index in [1.54, 1.807) is 13.0 Å². The Morgan fingerprint density at radius 1 is 1.45 bits per heavy atom. The van der Waals surface area contributed by atoms with E-state index in [-0.39, 0.29) is 5.97 Å². The number of aliphatic hydroxyl groups is 1. The first-order valence-corrected chi connectivity index (χ1v) is 7.38. The Kier molecular flexibility index (Phi) is 4.86. The molecule has 2 rings (SSSR count). The van der Waals surface area contributed by atoms with Crippen molar-refractivity contribution in [3.63, 3.8) is 0 Å². The van der Waals surface area contributed by atoms with Crippen molar-refractivity contribution < 1.29 is 24.2 Å². The van der Waals surface area contributed by atoms with Gasteiger partial charge in [-0.05, 0) is 19.4 Å². The van der Waals surface area contributed by atoms with Gasteiger partial charge in [0.05, 0.1) is 12.0 Å². The zero-order chi connectivity index (χ0) is 16.4. The Balaban J connectivity index is 2.35. The van der Waals surface area contributed by atoms with Crippen molar-refractivity contribution in [1.82, 2.24) is 0 Å². The van der Waals surface area contributed by atoms with E-state index in [0.29, 0.717) is 18.4 Å². The Morgan fingerprint density at radius 3 is 2.77 bits per heavy atom. The predicted octanol–water partition coefficient (Wildman–Crippen LogP) is 2.06. The van der Waals surface area contributed by atoms with Crippen LogP contribution in [0.3, 0.4) is 0 Å². The largest absolute Gasteiger partial charge is 0.458 e. The molecule has 0 aromatic rings. The van der Waals surface area contributed by atoms with Gasteiger partial charge >= 0.3 is 11.9 Å². The van der Waals surface area contributed by atoms with Crippen LogP contribution in [0, 0.1) is 5.92 Å². The molecule has 1 heterocycles. The summed E-state index contributed by atoms with van der Waals surface area (Å²) in [6, 6.07) is 0. The highest BCUT2D eigenvalue weighted by atomic mass is 16.6. The van der Waals surface area contributed by atoms with Gasteiger partial charge in [0.25, 0.3) is 0 Å². The fourth-order valence-electron chi connectivity index (χ4n) is 2.96. The SMILES string of the molecule is C=C1C(=O)O[C@H]2C/C(C)=C/C[C@@H](OC(C)=O)/C(C)=C/[C@@H](O)[C@H]12. The number of carbonyl (C=O) groups excluding carboxylic acids is 2. The minimum Gasteiger partial charge on any atom is -0.458 e. The summed E-state index contributed by atoms with van der Waals surface area (Å²) in [5.74, 6) is -1.29. The molecule has 0 radical (unpaired) electrons. The van der Waals surface area contributed by atoms with Gasteiger partial charge in [-0.3, -0.25) is 4.79 Å². The lowest BCUT2D eigenvalue weighted by Crippen LogP contribution is -2.30. The summed E-state index contributed by atoms with van der Waals surface area (Å²) in [6.07, 6.45) is 2.97. The molecular formula is C17H22O5. The van der Waals surface area contributed by atoms with Crippen LogP contribution < -0.4 is 0 Å². The van der Waals surface area contributed by atoms with E-state index >= 15 is 0 Å². The third-order valence-electron chi connectivity index (χ3n) is 4.14. The lowest BCUT2D eigenvalue weighted by Gasteiger charge is -2.25. The molecule has 1 fully saturated rings. The fourth-order valence-corrected chi connectivity index (χ4v) is 2.96. The summed E-state index contributed by atoms with van der Waals surface area (Å²) in [6.45, 7) is 8.84. The van der Waals surface area contributed by atoms with Gasteiger partial charge in [-0.15, -0.1) is 0 Å². The zero-order valence-corrected chi connectivity index (χ0v) is 13.2. The number of hydrogen-bond acceptors (Lipinski definition) is 5. The second kappa shape index (κ2) is 6.48. The van der Waals surface area contributed by atoms with E-state index in [1.165, 1.54) is 6.92 Å². The second-order valence-corrected chi connectivity index (χ2v) is 5.98. The number of carbonyl (C=O) groups is 2. The summed E-state index contributed by atoms with van der Waals surface area (Å²) in [5.41, 5.74) is 2.06. The average molecular weight is 306 g/mol. The molecule has 0 unspecified atom stereocenters. The number of hydrogen-bond donors (Lipinski definition) is 1. The average Bonchev–Trinajstić information content (AvgIpc) is 2.68. The summed E-state index contributed by atoms with van der Waals surface area (Å²) < 4.78 is 10.6. The molecule has 120 valence electrons. The Morgan fingerprint density at radius 2 is 2.14 bits per heavy atom. The highest BCUT2D eigenvalue weighted by Crippen LogP contribution is 2.35. The monoisotopic (exact) mass is 306 g/mol. The van der Waals surface area contributed by atoms with Gasteiger partial charge < -0.3 is 14.6 Å². The first-order valence-electron chi connectivity index (χ1n) is 7.38. The van der Waals surface area contributed by atoms with Crippen molar-refractivity contribution in [1.29, 1.82) is 0 Å². The van der Waals surface area contributed by atoms with Crippen LogP contribution in [0.1, 0.15) is 33.6 Å². The van der Waals surface area contributed by atoms with Gasteiger partial charge in [-0.25, -0.2) is 4.79 Å². The van der Waals surface area contributed by atoms with E-state index in [0.717, 1.165) is 11.1 Å². The first kappa shape index (κ1) is 16.5. The third kappa shape index (κ3) is 3.47. The van der Waals surface area contributed by atoms with Crippen LogP contribution >= 0.6 is 0 Å². The van der Waals surface area contributed by atoms with Crippen molar-refractivity contribution >= 4 is 11.9 Å². The van der Waals surface area contributed by atoms with E-state index in [2.05, 4.69) is 6.58 Å². The standard InChI is InChI=1S/C17H22O5/c1-9-5-6-14(21-12(4)18)10(2)8-13(19)16-11(3)17(20)22-15(16)7-9/h5,8,13-16,19H,3,6-7H2,1-2,4H3/b9-5+,10-8+/t13-,14-,15+,16+/m1/s1. The zero-order valence-electron chi connectivity index (χ0n) is 13.2. The molecule has 4 atom stereocenters. The molecule has 0 bridgehead atoms. The molecule has 1 aliphatic carbocycles. The molecule has 0 amide bonds. The number of rotatable bonds is 1. The van der Waals surface area contributed by atoms with E-state index in [4.69, 9.17) is 9.47 Å². The van der Waals surface area contributed by atoms with Gasteiger partial charge in [0.2, 0.25) is 0 Å². The van der Waals surface area contributed by atoms with E-state index in [1.807, 2.05) is 13.0 Å². The van der Waals surface area contributed by atoms with Crippen LogP contribution in [-0.2, 0) is 19.1 Å². The molecule has 1 aliphatic heterocycles. The van der Waals surface area contributed by atoms with Crippen molar-refractivity contribution in [2.24, 2.45) is 5.92 Å². The van der Waals surface area contributed by atoms with E-state index in [9.17, 15) is 14.7 Å². The smallest absolute Gasteiger partial charge is 0.334 e. The summed E-state index contributed by atoms with van der Waals surface area (Å²) in [5, 5.41) is 10.5. The van der Waals surface area contributed by atoms with Crippen LogP contribution in [0.15, 0.2) is 35.5 Å². The fraction of sp³-hybridized carbons (Fsp3) is 0.529. The number of fused-ring (bicyclic) bond motifs is 1. The van der Waals surface area contributed by atoms with Crippen LogP contribution in [0.2, 0.25) is 0 Å². The van der Waals surface area contributed by atoms with E-state index < -0.39 is 30.2 Å². The molecule has 0 spiro atoms. The molecule has 0 saturated carbocycles. The lowest BCUT2D eigenvalue weighted by molar-refractivity contribution is -0.144. The minimum absolute atomic E-state index is 0.291. The second-order valence-electron chi connectivity index (χ2n) is 5.98. The minimum atomic E-state index is -0.895. The summed E-state index contributed by atoms with van der Waals surface area (Å²) >= 11 is 0. The van der Waals surface area contributed by atoms with Crippen molar-refractivity contribution in [2.75, 3.05) is 0 Å². The molecule has 22 heavy (non-hydrogen) atoms. The maximum Gasteiger partial charge on any atom is 0.334 e. The number of esters is 2. The quantitative estimate of drug-likeness (QED) is 0.456. The Bertz CT molecular complexity index is 557. The molecule has 5 nitrogen and oxygen atoms in total. The molecule has 0 aromatic carbocycles. The number of ether oxygens (including phenoxy) is 2. The molecular weight excluding hydrogens is 284 g/mol. The van der Waals surface area contributed by atoms with Gasteiger partial charge in [-0.2, -0.15) is 0 Å². The summed E-state index contributed by atoms with van der Waals surface area (Å²) in [7, 11) is 0. The van der Waals surface area contributed by atoms with Crippen molar-refractivity contribution in [3.05, 3.63) is 35.5 Å². The van der Waals surface area contributed by atoms with Gasteiger partial charge in [0.15, 0.2) is 0 Å². The van der Waals surface area contributed by atoms with Crippen LogP contribution in [-0.4, -0.2) is 35.4 Å². The molecule has 2 aliphatic rings. The highest BCUT2D eigenvalue weighted by Gasteiger charge is 2.42. The Hall–Kier alpha value is -1.88. The van der Waals surface area contributed by atoms with Crippen LogP contribution in [0.25, 0.3) is 0 Å². The normalized spacial score (nSPS) is 37.3.